The minimum absolute atomic E-state index is 0.131. The summed E-state index contributed by atoms with van der Waals surface area (Å²) in [7, 11) is 0. The first-order valence-corrected chi connectivity index (χ1v) is 10.4. The van der Waals surface area contributed by atoms with Crippen LogP contribution in [-0.2, 0) is 0 Å². The Morgan fingerprint density at radius 1 is 1.00 bits per heavy atom. The van der Waals surface area contributed by atoms with Crippen molar-refractivity contribution >= 4 is 29.0 Å². The quantitative estimate of drug-likeness (QED) is 0.666. The zero-order valence-corrected chi connectivity index (χ0v) is 17.2. The number of hydrogen-bond donors (Lipinski definition) is 3. The van der Waals surface area contributed by atoms with E-state index < -0.39 is 6.03 Å². The number of carbonyl (C=O) groups is 2. The zero-order chi connectivity index (χ0) is 21.3. The molecule has 0 aromatic heterocycles. The van der Waals surface area contributed by atoms with Crippen LogP contribution in [0.1, 0.15) is 48.5 Å². The average molecular weight is 406 g/mol. The molecule has 0 saturated carbocycles. The van der Waals surface area contributed by atoms with Gasteiger partial charge in [0.15, 0.2) is 0 Å². The smallest absolute Gasteiger partial charge is 0.323 e. The van der Waals surface area contributed by atoms with Crippen molar-refractivity contribution in [2.45, 2.75) is 32.6 Å². The molecule has 2 aromatic rings. The largest absolute Gasteiger partial charge is 0.371 e. The zero-order valence-electron chi connectivity index (χ0n) is 17.2. The molecule has 1 aliphatic rings. The van der Waals surface area contributed by atoms with Crippen LogP contribution in [0.5, 0.6) is 0 Å². The van der Waals surface area contributed by atoms with Crippen molar-refractivity contribution in [2.24, 2.45) is 0 Å². The van der Waals surface area contributed by atoms with E-state index in [2.05, 4.69) is 20.9 Å². The minimum Gasteiger partial charge on any atom is -0.371 e. The summed E-state index contributed by atoms with van der Waals surface area (Å²) in [5.74, 6) is -0.131. The first kappa shape index (κ1) is 21.2. The molecule has 156 valence electrons. The number of urea groups is 1. The number of benzene rings is 2. The van der Waals surface area contributed by atoms with E-state index in [4.69, 9.17) is 5.26 Å². The van der Waals surface area contributed by atoms with Crippen LogP contribution in [0.3, 0.4) is 0 Å². The number of nitriles is 1. The van der Waals surface area contributed by atoms with Gasteiger partial charge in [0.2, 0.25) is 0 Å². The van der Waals surface area contributed by atoms with Crippen molar-refractivity contribution in [1.82, 2.24) is 5.32 Å². The lowest BCUT2D eigenvalue weighted by atomic mass is 10.1. The number of anilines is 3. The first-order valence-electron chi connectivity index (χ1n) is 10.4. The maximum absolute atomic E-state index is 12.8. The predicted molar refractivity (Wildman–Crippen MR) is 119 cm³/mol. The van der Waals surface area contributed by atoms with Gasteiger partial charge in [0.05, 0.1) is 17.2 Å². The molecule has 1 saturated heterocycles. The van der Waals surface area contributed by atoms with Gasteiger partial charge in [-0.2, -0.15) is 5.26 Å². The van der Waals surface area contributed by atoms with Crippen LogP contribution in [0.4, 0.5) is 21.9 Å². The van der Waals surface area contributed by atoms with E-state index >= 15 is 0 Å². The van der Waals surface area contributed by atoms with Gasteiger partial charge in [-0.15, -0.1) is 0 Å². The Balaban J connectivity index is 1.75. The highest BCUT2D eigenvalue weighted by atomic mass is 16.2. The Labute approximate surface area is 177 Å². The van der Waals surface area contributed by atoms with E-state index in [0.717, 1.165) is 38.0 Å². The van der Waals surface area contributed by atoms with Crippen molar-refractivity contribution in [2.75, 3.05) is 35.2 Å². The molecule has 2 aromatic carbocycles. The number of rotatable bonds is 6. The number of hydrogen-bond acceptors (Lipinski definition) is 4. The van der Waals surface area contributed by atoms with E-state index in [-0.39, 0.29) is 5.91 Å². The van der Waals surface area contributed by atoms with Gasteiger partial charge in [0.25, 0.3) is 5.91 Å². The lowest BCUT2D eigenvalue weighted by Gasteiger charge is -2.30. The lowest BCUT2D eigenvalue weighted by Crippen LogP contribution is -2.33. The number of nitrogens with one attached hydrogen (secondary N) is 3. The molecular formula is C23H27N5O2. The molecule has 7 nitrogen and oxygen atoms in total. The van der Waals surface area contributed by atoms with Gasteiger partial charge in [-0.25, -0.2) is 4.79 Å². The van der Waals surface area contributed by atoms with Crippen LogP contribution < -0.4 is 20.9 Å². The second-order valence-electron chi connectivity index (χ2n) is 7.30. The molecule has 1 heterocycles. The summed E-state index contributed by atoms with van der Waals surface area (Å²) < 4.78 is 0. The molecule has 0 aliphatic carbocycles. The van der Waals surface area contributed by atoms with Gasteiger partial charge in [-0.3, -0.25) is 4.79 Å². The Morgan fingerprint density at radius 2 is 1.67 bits per heavy atom. The summed E-state index contributed by atoms with van der Waals surface area (Å²) in [6.07, 6.45) is 4.30. The van der Waals surface area contributed by atoms with Crippen molar-refractivity contribution in [3.63, 3.8) is 0 Å². The summed E-state index contributed by atoms with van der Waals surface area (Å²) in [5, 5.41) is 17.3. The molecule has 0 bridgehead atoms. The lowest BCUT2D eigenvalue weighted by molar-refractivity contribution is 0.0954. The Kier molecular flexibility index (Phi) is 7.28. The van der Waals surface area contributed by atoms with Crippen LogP contribution in [0.25, 0.3) is 0 Å². The Hall–Kier alpha value is -3.53. The third-order valence-electron chi connectivity index (χ3n) is 5.00. The monoisotopic (exact) mass is 405 g/mol. The molecule has 1 aliphatic heterocycles. The van der Waals surface area contributed by atoms with Gasteiger partial charge < -0.3 is 20.9 Å². The summed E-state index contributed by atoms with van der Waals surface area (Å²) in [6.45, 7) is 4.48. The topological polar surface area (TPSA) is 97.3 Å². The van der Waals surface area contributed by atoms with Crippen LogP contribution in [-0.4, -0.2) is 31.6 Å². The molecule has 0 atom stereocenters. The predicted octanol–water partition coefficient (Wildman–Crippen LogP) is 4.33. The molecule has 1 fully saturated rings. The van der Waals surface area contributed by atoms with Gasteiger partial charge in [0, 0.05) is 36.7 Å². The van der Waals surface area contributed by atoms with Gasteiger partial charge in [0.1, 0.15) is 0 Å². The molecule has 7 heteroatoms. The fraction of sp³-hybridized carbons (Fsp3) is 0.348. The molecule has 3 amide bonds. The summed E-state index contributed by atoms with van der Waals surface area (Å²) in [6, 6.07) is 13.7. The van der Waals surface area contributed by atoms with E-state index in [9.17, 15) is 9.59 Å². The molecule has 3 N–H and O–H groups in total. The first-order chi connectivity index (χ1) is 14.6. The summed E-state index contributed by atoms with van der Waals surface area (Å²) in [4.78, 5) is 27.4. The highest BCUT2D eigenvalue weighted by molar-refractivity contribution is 6.04. The SMILES string of the molecule is CCCNC(=O)c1cc(NC(=O)Nc2ccc(C#N)cc2)ccc1N1CCCCC1. The van der Waals surface area contributed by atoms with E-state index in [1.807, 2.05) is 25.1 Å². The summed E-state index contributed by atoms with van der Waals surface area (Å²) in [5.41, 5.74) is 3.13. The highest BCUT2D eigenvalue weighted by Gasteiger charge is 2.19. The van der Waals surface area contributed by atoms with Gasteiger partial charge in [-0.1, -0.05) is 6.92 Å². The number of piperidine rings is 1. The number of nitrogens with zero attached hydrogens (tertiary/aromatic N) is 2. The maximum atomic E-state index is 12.8. The molecule has 3 rings (SSSR count). The Bertz CT molecular complexity index is 928. The van der Waals surface area contributed by atoms with Gasteiger partial charge in [-0.05, 0) is 68.1 Å². The average Bonchev–Trinajstić information content (AvgIpc) is 2.78. The standard InChI is InChI=1S/C23H27N5O2/c1-2-12-25-22(29)20-15-19(10-11-21(20)28-13-4-3-5-14-28)27-23(30)26-18-8-6-17(16-24)7-9-18/h6-11,15H,2-5,12-14H2,1H3,(H,25,29)(H2,26,27,30). The fourth-order valence-corrected chi connectivity index (χ4v) is 3.46. The third-order valence-corrected chi connectivity index (χ3v) is 5.00. The Morgan fingerprint density at radius 3 is 2.33 bits per heavy atom. The minimum atomic E-state index is -0.412. The second kappa shape index (κ2) is 10.3. The fourth-order valence-electron chi connectivity index (χ4n) is 3.46. The highest BCUT2D eigenvalue weighted by Crippen LogP contribution is 2.27. The van der Waals surface area contributed by atoms with E-state index in [1.165, 1.54) is 6.42 Å². The van der Waals surface area contributed by atoms with Crippen molar-refractivity contribution in [1.29, 1.82) is 5.26 Å². The van der Waals surface area contributed by atoms with Crippen molar-refractivity contribution in [3.05, 3.63) is 53.6 Å². The van der Waals surface area contributed by atoms with E-state index in [0.29, 0.717) is 29.0 Å². The molecule has 30 heavy (non-hydrogen) atoms. The van der Waals surface area contributed by atoms with Crippen LogP contribution in [0.2, 0.25) is 0 Å². The third kappa shape index (κ3) is 5.51. The van der Waals surface area contributed by atoms with E-state index in [1.54, 1.807) is 30.3 Å². The molecule has 0 spiro atoms. The molecule has 0 unspecified atom stereocenters. The van der Waals surface area contributed by atoms with Gasteiger partial charge >= 0.3 is 6.03 Å². The van der Waals surface area contributed by atoms with Crippen LogP contribution >= 0.6 is 0 Å². The number of carbonyl (C=O) groups excluding carboxylic acids is 2. The summed E-state index contributed by atoms with van der Waals surface area (Å²) >= 11 is 0. The maximum Gasteiger partial charge on any atom is 0.323 e. The normalized spacial score (nSPS) is 13.3. The van der Waals surface area contributed by atoms with Crippen molar-refractivity contribution in [3.8, 4) is 6.07 Å². The van der Waals surface area contributed by atoms with Crippen LogP contribution in [0.15, 0.2) is 42.5 Å². The number of amides is 3. The van der Waals surface area contributed by atoms with Crippen LogP contribution in [0, 0.1) is 11.3 Å². The second-order valence-corrected chi connectivity index (χ2v) is 7.30. The van der Waals surface area contributed by atoms with Crippen molar-refractivity contribution < 1.29 is 9.59 Å². The molecule has 0 radical (unpaired) electrons. The molecular weight excluding hydrogens is 378 g/mol.